The van der Waals surface area contributed by atoms with Crippen molar-refractivity contribution in [3.05, 3.63) is 69.7 Å². The fourth-order valence-corrected chi connectivity index (χ4v) is 2.88. The molecule has 0 aliphatic heterocycles. The summed E-state index contributed by atoms with van der Waals surface area (Å²) in [5, 5.41) is 3.34. The Labute approximate surface area is 149 Å². The van der Waals surface area contributed by atoms with E-state index < -0.39 is 5.76 Å². The number of methoxy groups -OCH3 is 1. The van der Waals surface area contributed by atoms with Crippen LogP contribution in [-0.2, 0) is 16.1 Å². The molecule has 0 aliphatic rings. The Kier molecular flexibility index (Phi) is 5.21. The average Bonchev–Trinajstić information content (AvgIpc) is 2.92. The number of fused-ring (bicyclic) bond motifs is 1. The minimum atomic E-state index is -0.564. The van der Waals surface area contributed by atoms with Crippen molar-refractivity contribution < 1.29 is 13.9 Å². The van der Waals surface area contributed by atoms with Crippen molar-refractivity contribution in [2.75, 3.05) is 13.7 Å². The lowest BCUT2D eigenvalue weighted by Gasteiger charge is -2.17. The van der Waals surface area contributed by atoms with E-state index in [-0.39, 0.29) is 25.1 Å². The Morgan fingerprint density at radius 3 is 2.72 bits per heavy atom. The van der Waals surface area contributed by atoms with Crippen LogP contribution in [0, 0.1) is 0 Å². The highest BCUT2D eigenvalue weighted by Crippen LogP contribution is 2.24. The standard InChI is InChI=1S/C18H17ClN2O4/c1-24-16(12-6-2-3-7-13(12)19)10-20-17(22)11-21-14-8-4-5-9-15(14)25-18(21)23/h2-9,16H,10-11H2,1H3,(H,20,22)/t16-/m1/s1. The van der Waals surface area contributed by atoms with Gasteiger partial charge in [-0.1, -0.05) is 41.9 Å². The summed E-state index contributed by atoms with van der Waals surface area (Å²) in [6.07, 6.45) is -0.379. The molecule has 1 heterocycles. The first-order valence-corrected chi connectivity index (χ1v) is 8.10. The number of benzene rings is 2. The second-order valence-electron chi connectivity index (χ2n) is 5.47. The smallest absolute Gasteiger partial charge is 0.408 e. The summed E-state index contributed by atoms with van der Waals surface area (Å²) in [6, 6.07) is 14.3. The number of hydrogen-bond acceptors (Lipinski definition) is 4. The molecule has 0 spiro atoms. The largest absolute Gasteiger partial charge is 0.420 e. The highest BCUT2D eigenvalue weighted by Gasteiger charge is 2.16. The van der Waals surface area contributed by atoms with Gasteiger partial charge in [-0.3, -0.25) is 9.36 Å². The van der Waals surface area contributed by atoms with Gasteiger partial charge in [-0.05, 0) is 18.2 Å². The number of nitrogens with zero attached hydrogens (tertiary/aromatic N) is 1. The molecule has 6 nitrogen and oxygen atoms in total. The number of ether oxygens (including phenoxy) is 1. The summed E-state index contributed by atoms with van der Waals surface area (Å²) in [7, 11) is 1.55. The molecule has 0 unspecified atom stereocenters. The SMILES string of the molecule is CO[C@H](CNC(=O)Cn1c(=O)oc2ccccc21)c1ccccc1Cl. The number of para-hydroxylation sites is 2. The topological polar surface area (TPSA) is 73.5 Å². The highest BCUT2D eigenvalue weighted by molar-refractivity contribution is 6.31. The fraction of sp³-hybridized carbons (Fsp3) is 0.222. The van der Waals surface area contributed by atoms with E-state index in [9.17, 15) is 9.59 Å². The number of halogens is 1. The number of hydrogen-bond donors (Lipinski definition) is 1. The Morgan fingerprint density at radius 1 is 1.24 bits per heavy atom. The molecule has 3 aromatic rings. The zero-order chi connectivity index (χ0) is 17.8. The Balaban J connectivity index is 1.69. The van der Waals surface area contributed by atoms with Crippen LogP contribution in [0.15, 0.2) is 57.7 Å². The van der Waals surface area contributed by atoms with Crippen molar-refractivity contribution in [1.29, 1.82) is 0 Å². The van der Waals surface area contributed by atoms with Gasteiger partial charge in [0.15, 0.2) is 5.58 Å². The minimum Gasteiger partial charge on any atom is -0.408 e. The van der Waals surface area contributed by atoms with Crippen LogP contribution in [0.2, 0.25) is 5.02 Å². The van der Waals surface area contributed by atoms with E-state index in [1.165, 1.54) is 4.57 Å². The van der Waals surface area contributed by atoms with Gasteiger partial charge in [-0.15, -0.1) is 0 Å². The number of rotatable bonds is 6. The molecule has 0 aliphatic carbocycles. The van der Waals surface area contributed by atoms with E-state index in [1.54, 1.807) is 37.4 Å². The van der Waals surface area contributed by atoms with Crippen LogP contribution in [0.4, 0.5) is 0 Å². The molecule has 1 aromatic heterocycles. The lowest BCUT2D eigenvalue weighted by atomic mass is 10.1. The summed E-state index contributed by atoms with van der Waals surface area (Å²) in [6.45, 7) is 0.110. The van der Waals surface area contributed by atoms with E-state index in [1.807, 2.05) is 18.2 Å². The molecule has 0 fully saturated rings. The maximum absolute atomic E-state index is 12.2. The third-order valence-corrected chi connectivity index (χ3v) is 4.24. The monoisotopic (exact) mass is 360 g/mol. The second kappa shape index (κ2) is 7.55. The van der Waals surface area contributed by atoms with Crippen LogP contribution in [0.3, 0.4) is 0 Å². The van der Waals surface area contributed by atoms with E-state index in [0.29, 0.717) is 16.1 Å². The number of oxazole rings is 1. The number of amides is 1. The molecule has 0 bridgehead atoms. The molecule has 0 radical (unpaired) electrons. The second-order valence-corrected chi connectivity index (χ2v) is 5.88. The molecule has 1 amide bonds. The zero-order valence-corrected chi connectivity index (χ0v) is 14.3. The van der Waals surface area contributed by atoms with Crippen molar-refractivity contribution in [3.8, 4) is 0 Å². The predicted molar refractivity (Wildman–Crippen MR) is 94.7 cm³/mol. The van der Waals surface area contributed by atoms with E-state index in [4.69, 9.17) is 20.8 Å². The number of carbonyl (C=O) groups excluding carboxylic acids is 1. The summed E-state index contributed by atoms with van der Waals surface area (Å²) in [5.74, 6) is -0.881. The summed E-state index contributed by atoms with van der Waals surface area (Å²) < 4.78 is 11.8. The molecule has 1 N–H and O–H groups in total. The van der Waals surface area contributed by atoms with Crippen LogP contribution in [0.25, 0.3) is 11.1 Å². The Bertz CT molecular complexity index is 947. The van der Waals surface area contributed by atoms with Gasteiger partial charge in [-0.2, -0.15) is 0 Å². The zero-order valence-electron chi connectivity index (χ0n) is 13.6. The lowest BCUT2D eigenvalue weighted by molar-refractivity contribution is -0.122. The van der Waals surface area contributed by atoms with Crippen LogP contribution in [-0.4, -0.2) is 24.1 Å². The van der Waals surface area contributed by atoms with Gasteiger partial charge in [-0.25, -0.2) is 4.79 Å². The normalized spacial score (nSPS) is 12.2. The molecule has 3 rings (SSSR count). The number of aromatic nitrogens is 1. The lowest BCUT2D eigenvalue weighted by Crippen LogP contribution is -2.34. The molecule has 2 aromatic carbocycles. The first-order chi connectivity index (χ1) is 12.1. The first kappa shape index (κ1) is 17.3. The van der Waals surface area contributed by atoms with Crippen LogP contribution < -0.4 is 11.1 Å². The van der Waals surface area contributed by atoms with Gasteiger partial charge in [0.2, 0.25) is 5.91 Å². The van der Waals surface area contributed by atoms with E-state index in [2.05, 4.69) is 5.32 Å². The van der Waals surface area contributed by atoms with Crippen molar-refractivity contribution >= 4 is 28.6 Å². The molecule has 0 saturated heterocycles. The summed E-state index contributed by atoms with van der Waals surface area (Å²) >= 11 is 6.16. The van der Waals surface area contributed by atoms with Gasteiger partial charge in [0, 0.05) is 24.2 Å². The van der Waals surface area contributed by atoms with Gasteiger partial charge < -0.3 is 14.5 Å². The van der Waals surface area contributed by atoms with Gasteiger partial charge in [0.1, 0.15) is 12.6 Å². The van der Waals surface area contributed by atoms with Crippen LogP contribution in [0.5, 0.6) is 0 Å². The van der Waals surface area contributed by atoms with E-state index >= 15 is 0 Å². The number of nitrogens with one attached hydrogen (secondary N) is 1. The molecule has 130 valence electrons. The molecule has 1 atom stereocenters. The molecule has 7 heteroatoms. The average molecular weight is 361 g/mol. The van der Waals surface area contributed by atoms with Gasteiger partial charge in [0.25, 0.3) is 0 Å². The van der Waals surface area contributed by atoms with Gasteiger partial charge in [0.05, 0.1) is 5.52 Å². The highest BCUT2D eigenvalue weighted by atomic mass is 35.5. The number of carbonyl (C=O) groups is 1. The summed E-state index contributed by atoms with van der Waals surface area (Å²) in [5.41, 5.74) is 1.82. The van der Waals surface area contributed by atoms with Crippen molar-refractivity contribution in [1.82, 2.24) is 9.88 Å². The Morgan fingerprint density at radius 2 is 1.96 bits per heavy atom. The molecule has 25 heavy (non-hydrogen) atoms. The first-order valence-electron chi connectivity index (χ1n) is 7.72. The quantitative estimate of drug-likeness (QED) is 0.733. The summed E-state index contributed by atoms with van der Waals surface area (Å²) in [4.78, 5) is 24.2. The molecular weight excluding hydrogens is 344 g/mol. The fourth-order valence-electron chi connectivity index (χ4n) is 2.63. The van der Waals surface area contributed by atoms with Gasteiger partial charge >= 0.3 is 5.76 Å². The maximum atomic E-state index is 12.2. The van der Waals surface area contributed by atoms with Crippen molar-refractivity contribution in [3.63, 3.8) is 0 Å². The predicted octanol–water partition coefficient (Wildman–Crippen LogP) is 2.75. The van der Waals surface area contributed by atoms with Crippen LogP contribution in [0.1, 0.15) is 11.7 Å². The molecular formula is C18H17ClN2O4. The third-order valence-electron chi connectivity index (χ3n) is 3.90. The maximum Gasteiger partial charge on any atom is 0.420 e. The van der Waals surface area contributed by atoms with Crippen molar-refractivity contribution in [2.45, 2.75) is 12.6 Å². The third kappa shape index (κ3) is 3.75. The molecule has 0 saturated carbocycles. The van der Waals surface area contributed by atoms with E-state index in [0.717, 1.165) is 5.56 Å². The van der Waals surface area contributed by atoms with Crippen molar-refractivity contribution in [2.24, 2.45) is 0 Å². The Hall–Kier alpha value is -2.57. The minimum absolute atomic E-state index is 0.130. The van der Waals surface area contributed by atoms with Crippen LogP contribution >= 0.6 is 11.6 Å².